The smallest absolute Gasteiger partial charge is 0.254 e. The van der Waals surface area contributed by atoms with Gasteiger partial charge < -0.3 is 14.1 Å². The predicted octanol–water partition coefficient (Wildman–Crippen LogP) is 2.09. The number of fused-ring (bicyclic) bond motifs is 2. The maximum Gasteiger partial charge on any atom is 0.254 e. The number of amides is 3. The van der Waals surface area contributed by atoms with E-state index in [2.05, 4.69) is 10.3 Å². The quantitative estimate of drug-likeness (QED) is 0.348. The molecule has 2 aliphatic heterocycles. The van der Waals surface area contributed by atoms with Gasteiger partial charge >= 0.3 is 0 Å². The van der Waals surface area contributed by atoms with Crippen molar-refractivity contribution in [3.05, 3.63) is 77.6 Å². The number of ether oxygens (including phenoxy) is 1. The van der Waals surface area contributed by atoms with Gasteiger partial charge in [-0.15, -0.1) is 0 Å². The molecule has 1 saturated heterocycles. The van der Waals surface area contributed by atoms with E-state index < -0.39 is 27.3 Å². The number of carbonyl (C=O) groups is 3. The fourth-order valence-corrected chi connectivity index (χ4v) is 5.62. The number of methoxy groups -OCH3 is 1. The minimum absolute atomic E-state index is 0.0196. The maximum absolute atomic E-state index is 13.2. The highest BCUT2D eigenvalue weighted by Gasteiger charge is 2.53. The Kier molecular flexibility index (Phi) is 5.56. The Balaban J connectivity index is 1.36. The Bertz CT molecular complexity index is 1800. The summed E-state index contributed by atoms with van der Waals surface area (Å²) >= 11 is 0. The number of imide groups is 1. The van der Waals surface area contributed by atoms with Crippen molar-refractivity contribution in [2.24, 2.45) is 5.14 Å². The van der Waals surface area contributed by atoms with Gasteiger partial charge in [0.25, 0.3) is 5.91 Å². The van der Waals surface area contributed by atoms with Crippen molar-refractivity contribution in [1.82, 2.24) is 15.2 Å². The van der Waals surface area contributed by atoms with Gasteiger partial charge in [-0.1, -0.05) is 18.2 Å². The van der Waals surface area contributed by atoms with E-state index in [1.165, 1.54) is 24.1 Å². The molecule has 11 nitrogen and oxygen atoms in total. The van der Waals surface area contributed by atoms with Gasteiger partial charge in [0.05, 0.1) is 24.1 Å². The van der Waals surface area contributed by atoms with Crippen LogP contribution in [0.3, 0.4) is 0 Å². The fourth-order valence-electron chi connectivity index (χ4n) is 5.11. The van der Waals surface area contributed by atoms with Crippen molar-refractivity contribution in [1.29, 1.82) is 0 Å². The molecule has 4 heterocycles. The second kappa shape index (κ2) is 8.75. The van der Waals surface area contributed by atoms with Crippen LogP contribution in [0.25, 0.3) is 22.4 Å². The van der Waals surface area contributed by atoms with E-state index in [9.17, 15) is 22.8 Å². The molecule has 2 aromatic heterocycles. The maximum atomic E-state index is 13.2. The molecule has 0 unspecified atom stereocenters. The number of sulfonamides is 1. The normalized spacial score (nSPS) is 19.0. The van der Waals surface area contributed by atoms with Crippen LogP contribution in [0, 0.1) is 0 Å². The summed E-state index contributed by atoms with van der Waals surface area (Å²) in [5.74, 6) is -0.515. The summed E-state index contributed by atoms with van der Waals surface area (Å²) in [5.41, 5.74) is 1.86. The van der Waals surface area contributed by atoms with Crippen LogP contribution in [0.4, 0.5) is 0 Å². The first kappa shape index (κ1) is 24.8. The number of nitrogens with one attached hydrogen (secondary N) is 1. The number of rotatable bonds is 6. The molecule has 39 heavy (non-hydrogen) atoms. The van der Waals surface area contributed by atoms with Crippen LogP contribution in [0.1, 0.15) is 28.1 Å². The molecule has 0 spiro atoms. The first-order valence-electron chi connectivity index (χ1n) is 11.9. The molecule has 0 bridgehead atoms. The van der Waals surface area contributed by atoms with E-state index >= 15 is 0 Å². The number of pyridine rings is 1. The molecule has 0 aliphatic carbocycles. The van der Waals surface area contributed by atoms with E-state index in [0.29, 0.717) is 33.7 Å². The first-order valence-corrected chi connectivity index (χ1v) is 13.5. The van der Waals surface area contributed by atoms with Crippen LogP contribution >= 0.6 is 0 Å². The largest absolute Gasteiger partial charge is 0.497 e. The molecule has 2 aliphatic rings. The van der Waals surface area contributed by atoms with E-state index in [0.717, 1.165) is 5.56 Å². The topological polar surface area (TPSA) is 162 Å². The van der Waals surface area contributed by atoms with Crippen LogP contribution in [-0.2, 0) is 31.6 Å². The molecule has 2 aromatic carbocycles. The molecule has 0 saturated carbocycles. The lowest BCUT2D eigenvalue weighted by atomic mass is 9.82. The zero-order chi connectivity index (χ0) is 27.5. The van der Waals surface area contributed by atoms with E-state index in [1.807, 2.05) is 0 Å². The Morgan fingerprint density at radius 1 is 1.08 bits per heavy atom. The number of furan rings is 1. The number of primary sulfonamides is 1. The summed E-state index contributed by atoms with van der Waals surface area (Å²) in [6, 6.07) is 16.2. The third-order valence-electron chi connectivity index (χ3n) is 7.13. The molecular formula is C27H22N4O7S. The average Bonchev–Trinajstić information content (AvgIpc) is 3.56. The monoisotopic (exact) mass is 546 g/mol. The fraction of sp³-hybridized carbons (Fsp3) is 0.185. The Hall–Kier alpha value is -4.55. The van der Waals surface area contributed by atoms with Gasteiger partial charge in [0.15, 0.2) is 5.58 Å². The molecule has 1 fully saturated rings. The number of aromatic nitrogens is 1. The highest BCUT2D eigenvalue weighted by molar-refractivity contribution is 7.89. The van der Waals surface area contributed by atoms with E-state index in [4.69, 9.17) is 14.3 Å². The number of nitrogens with zero attached hydrogens (tertiary/aromatic N) is 2. The van der Waals surface area contributed by atoms with Crippen molar-refractivity contribution in [3.63, 3.8) is 0 Å². The van der Waals surface area contributed by atoms with Gasteiger partial charge in [-0.2, -0.15) is 0 Å². The Labute approximate surface area is 222 Å². The summed E-state index contributed by atoms with van der Waals surface area (Å²) in [6.45, 7) is 0.209. The Morgan fingerprint density at radius 2 is 1.85 bits per heavy atom. The standard InChI is InChI=1S/C27H22N4O7S/c1-37-17-5-2-16-13-31(25(33)19(16)10-17)14-27(12-24(32)30-26(27)34)23-11-21-22(38-23)9-8-20(29-21)15-3-6-18(7-4-15)39(28,35)36/h2-11H,12-14H2,1H3,(H2,28,35,36)(H,30,32,34)/t27-/m1/s1. The highest BCUT2D eigenvalue weighted by atomic mass is 32.2. The summed E-state index contributed by atoms with van der Waals surface area (Å²) in [7, 11) is -2.31. The molecule has 3 amide bonds. The summed E-state index contributed by atoms with van der Waals surface area (Å²) in [6.07, 6.45) is -0.184. The molecule has 1 atom stereocenters. The Morgan fingerprint density at radius 3 is 2.51 bits per heavy atom. The van der Waals surface area contributed by atoms with Crippen LogP contribution in [-0.4, -0.2) is 49.7 Å². The lowest BCUT2D eigenvalue weighted by molar-refractivity contribution is -0.127. The van der Waals surface area contributed by atoms with Crippen molar-refractivity contribution < 1.29 is 32.0 Å². The average molecular weight is 547 g/mol. The second-order valence-electron chi connectivity index (χ2n) is 9.58. The molecule has 198 valence electrons. The van der Waals surface area contributed by atoms with Gasteiger partial charge in [0, 0.05) is 30.3 Å². The van der Waals surface area contributed by atoms with Gasteiger partial charge in [0.1, 0.15) is 22.4 Å². The molecule has 4 aromatic rings. The number of carbonyl (C=O) groups excluding carboxylic acids is 3. The number of hydrogen-bond donors (Lipinski definition) is 2. The van der Waals surface area contributed by atoms with Crippen molar-refractivity contribution in [2.75, 3.05) is 13.7 Å². The first-order chi connectivity index (χ1) is 18.6. The summed E-state index contributed by atoms with van der Waals surface area (Å²) in [4.78, 5) is 45.0. The predicted molar refractivity (Wildman–Crippen MR) is 138 cm³/mol. The van der Waals surface area contributed by atoms with Gasteiger partial charge in [-0.3, -0.25) is 19.7 Å². The molecule has 6 rings (SSSR count). The molecular weight excluding hydrogens is 524 g/mol. The van der Waals surface area contributed by atoms with Gasteiger partial charge in [-0.05, 0) is 42.0 Å². The molecule has 12 heteroatoms. The van der Waals surface area contributed by atoms with Crippen molar-refractivity contribution in [2.45, 2.75) is 23.3 Å². The zero-order valence-corrected chi connectivity index (χ0v) is 21.4. The van der Waals surface area contributed by atoms with E-state index in [-0.39, 0.29) is 36.1 Å². The lowest BCUT2D eigenvalue weighted by Gasteiger charge is -2.28. The van der Waals surface area contributed by atoms with Crippen LogP contribution in [0.5, 0.6) is 5.75 Å². The van der Waals surface area contributed by atoms with Crippen LogP contribution in [0.15, 0.2) is 70.0 Å². The van der Waals surface area contributed by atoms with Gasteiger partial charge in [0.2, 0.25) is 21.8 Å². The van der Waals surface area contributed by atoms with Crippen LogP contribution in [0.2, 0.25) is 0 Å². The van der Waals surface area contributed by atoms with Gasteiger partial charge in [-0.25, -0.2) is 18.5 Å². The number of hydrogen-bond acceptors (Lipinski definition) is 8. The minimum Gasteiger partial charge on any atom is -0.497 e. The SMILES string of the molecule is COc1ccc2c(c1)C(=O)N(C[C@@]1(c3cc4nc(-c5ccc(S(N)(=O)=O)cc5)ccc4o3)CC(=O)NC1=O)C2. The highest BCUT2D eigenvalue weighted by Crippen LogP contribution is 2.39. The van der Waals surface area contributed by atoms with E-state index in [1.54, 1.807) is 48.5 Å². The zero-order valence-electron chi connectivity index (χ0n) is 20.6. The molecule has 0 radical (unpaired) electrons. The van der Waals surface area contributed by atoms with Crippen LogP contribution < -0.4 is 15.2 Å². The second-order valence-corrected chi connectivity index (χ2v) is 11.1. The summed E-state index contributed by atoms with van der Waals surface area (Å²) in [5, 5.41) is 7.54. The minimum atomic E-state index is -3.83. The molecule has 3 N–H and O–H groups in total. The third kappa shape index (κ3) is 4.14. The third-order valence-corrected chi connectivity index (χ3v) is 8.06. The lowest BCUT2D eigenvalue weighted by Crippen LogP contribution is -2.46. The van der Waals surface area contributed by atoms with Crippen molar-refractivity contribution in [3.8, 4) is 17.0 Å². The van der Waals surface area contributed by atoms with Crippen molar-refractivity contribution >= 4 is 38.8 Å². The number of benzene rings is 2. The summed E-state index contributed by atoms with van der Waals surface area (Å²) < 4.78 is 34.4. The number of nitrogens with two attached hydrogens (primary N) is 1.